The van der Waals surface area contributed by atoms with Crippen LogP contribution in [0.1, 0.15) is 5.56 Å². The van der Waals surface area contributed by atoms with Crippen molar-refractivity contribution in [1.82, 2.24) is 5.32 Å². The summed E-state index contributed by atoms with van der Waals surface area (Å²) < 4.78 is 61.5. The van der Waals surface area contributed by atoms with Crippen molar-refractivity contribution in [3.8, 4) is 5.75 Å². The molecular weight excluding hydrogens is 261 g/mol. The number of hydrogen-bond acceptors (Lipinski definition) is 3. The number of nitrogens with one attached hydrogen (secondary N) is 1. The van der Waals surface area contributed by atoms with E-state index in [1.807, 2.05) is 0 Å². The fourth-order valence-electron chi connectivity index (χ4n) is 1.19. The predicted molar refractivity (Wildman–Crippen MR) is 51.8 cm³/mol. The lowest BCUT2D eigenvalue weighted by Crippen LogP contribution is -2.38. The normalized spacial score (nSPS) is 13.7. The molecule has 0 heterocycles. The molecule has 0 aromatic heterocycles. The van der Waals surface area contributed by atoms with Crippen molar-refractivity contribution in [2.75, 3.05) is 6.54 Å². The molecule has 1 aromatic carbocycles. The Labute approximate surface area is 98.9 Å². The Morgan fingerprint density at radius 1 is 1.17 bits per heavy atom. The number of phenols is 1. The fourth-order valence-corrected chi connectivity index (χ4v) is 1.19. The van der Waals surface area contributed by atoms with Crippen molar-refractivity contribution in [1.29, 1.82) is 0 Å². The average Bonchev–Trinajstić information content (AvgIpc) is 2.24. The van der Waals surface area contributed by atoms with Crippen LogP contribution in [0.5, 0.6) is 5.75 Å². The molecule has 3 N–H and O–H groups in total. The minimum atomic E-state index is -4.75. The average molecular weight is 271 g/mol. The van der Waals surface area contributed by atoms with Gasteiger partial charge in [0, 0.05) is 13.1 Å². The molecule has 0 spiro atoms. The van der Waals surface area contributed by atoms with E-state index in [0.29, 0.717) is 0 Å². The molecule has 1 unspecified atom stereocenters. The SMILES string of the molecule is Oc1c(F)cc(CNCC(O)C(F)(F)F)cc1F. The van der Waals surface area contributed by atoms with E-state index in [0.717, 1.165) is 12.1 Å². The van der Waals surface area contributed by atoms with Gasteiger partial charge in [-0.05, 0) is 17.7 Å². The predicted octanol–water partition coefficient (Wildman–Crippen LogP) is 1.68. The molecule has 1 aromatic rings. The molecule has 18 heavy (non-hydrogen) atoms. The lowest BCUT2D eigenvalue weighted by atomic mass is 10.2. The van der Waals surface area contributed by atoms with E-state index < -0.39 is 36.2 Å². The van der Waals surface area contributed by atoms with Crippen molar-refractivity contribution >= 4 is 0 Å². The third kappa shape index (κ3) is 3.81. The van der Waals surface area contributed by atoms with E-state index in [4.69, 9.17) is 10.2 Å². The molecule has 1 atom stereocenters. The van der Waals surface area contributed by atoms with E-state index in [9.17, 15) is 22.0 Å². The van der Waals surface area contributed by atoms with E-state index in [1.165, 1.54) is 0 Å². The van der Waals surface area contributed by atoms with Crippen LogP contribution in [0.15, 0.2) is 12.1 Å². The molecule has 0 radical (unpaired) electrons. The summed E-state index contributed by atoms with van der Waals surface area (Å²) in [5.74, 6) is -3.56. The van der Waals surface area contributed by atoms with Crippen LogP contribution in [-0.2, 0) is 6.54 Å². The maximum atomic E-state index is 12.9. The maximum Gasteiger partial charge on any atom is 0.415 e. The Balaban J connectivity index is 2.55. The Morgan fingerprint density at radius 2 is 1.67 bits per heavy atom. The molecule has 0 bridgehead atoms. The molecule has 0 fully saturated rings. The Bertz CT molecular complexity index is 398. The number of hydrogen-bond donors (Lipinski definition) is 3. The molecular formula is C10H10F5NO2. The van der Waals surface area contributed by atoms with Gasteiger partial charge in [-0.25, -0.2) is 8.78 Å². The summed E-state index contributed by atoms with van der Waals surface area (Å²) in [6.45, 7) is -1.07. The number of halogens is 5. The maximum absolute atomic E-state index is 12.9. The Morgan fingerprint density at radius 3 is 2.11 bits per heavy atom. The highest BCUT2D eigenvalue weighted by Crippen LogP contribution is 2.22. The van der Waals surface area contributed by atoms with Crippen LogP contribution < -0.4 is 5.32 Å². The van der Waals surface area contributed by atoms with Crippen LogP contribution in [0.25, 0.3) is 0 Å². The third-order valence-corrected chi connectivity index (χ3v) is 2.12. The lowest BCUT2D eigenvalue weighted by Gasteiger charge is -2.15. The zero-order valence-electron chi connectivity index (χ0n) is 8.93. The lowest BCUT2D eigenvalue weighted by molar-refractivity contribution is -0.201. The van der Waals surface area contributed by atoms with Crippen LogP contribution in [-0.4, -0.2) is 29.0 Å². The second kappa shape index (κ2) is 5.49. The Hall–Kier alpha value is -1.41. The van der Waals surface area contributed by atoms with Gasteiger partial charge < -0.3 is 15.5 Å². The van der Waals surface area contributed by atoms with E-state index in [2.05, 4.69) is 5.32 Å². The molecule has 8 heteroatoms. The van der Waals surface area contributed by atoms with Gasteiger partial charge in [-0.3, -0.25) is 0 Å². The van der Waals surface area contributed by atoms with E-state index in [1.54, 1.807) is 0 Å². The number of aliphatic hydroxyl groups is 1. The second-order valence-electron chi connectivity index (χ2n) is 3.60. The van der Waals surface area contributed by atoms with Crippen LogP contribution in [0.4, 0.5) is 22.0 Å². The van der Waals surface area contributed by atoms with Gasteiger partial charge >= 0.3 is 6.18 Å². The summed E-state index contributed by atoms with van der Waals surface area (Å²) in [5, 5.41) is 19.6. The first kappa shape index (κ1) is 14.7. The van der Waals surface area contributed by atoms with E-state index >= 15 is 0 Å². The highest BCUT2D eigenvalue weighted by atomic mass is 19.4. The molecule has 0 saturated heterocycles. The first-order valence-electron chi connectivity index (χ1n) is 4.84. The zero-order chi connectivity index (χ0) is 13.9. The minimum Gasteiger partial charge on any atom is -0.503 e. The second-order valence-corrected chi connectivity index (χ2v) is 3.60. The van der Waals surface area contributed by atoms with Gasteiger partial charge in [-0.2, -0.15) is 13.2 Å². The van der Waals surface area contributed by atoms with Crippen molar-refractivity contribution in [3.05, 3.63) is 29.3 Å². The van der Waals surface area contributed by atoms with Gasteiger partial charge in [-0.15, -0.1) is 0 Å². The van der Waals surface area contributed by atoms with Gasteiger partial charge in [0.05, 0.1) is 0 Å². The quantitative estimate of drug-likeness (QED) is 0.730. The van der Waals surface area contributed by atoms with Crippen molar-refractivity contribution in [2.45, 2.75) is 18.8 Å². The molecule has 0 saturated carbocycles. The summed E-state index contributed by atoms with van der Waals surface area (Å²) in [4.78, 5) is 0. The van der Waals surface area contributed by atoms with Gasteiger partial charge in [-0.1, -0.05) is 0 Å². The van der Waals surface area contributed by atoms with Crippen LogP contribution in [0, 0.1) is 11.6 Å². The fraction of sp³-hybridized carbons (Fsp3) is 0.400. The van der Waals surface area contributed by atoms with Crippen molar-refractivity contribution in [3.63, 3.8) is 0 Å². The summed E-state index contributed by atoms with van der Waals surface area (Å²) in [6, 6.07) is 1.57. The van der Waals surface area contributed by atoms with Crippen LogP contribution >= 0.6 is 0 Å². The number of phenolic OH excluding ortho intramolecular Hbond substituents is 1. The first-order chi connectivity index (χ1) is 8.21. The Kier molecular flexibility index (Phi) is 4.47. The minimum absolute atomic E-state index is 0.0113. The van der Waals surface area contributed by atoms with Gasteiger partial charge in [0.25, 0.3) is 0 Å². The molecule has 0 amide bonds. The largest absolute Gasteiger partial charge is 0.503 e. The highest BCUT2D eigenvalue weighted by Gasteiger charge is 2.37. The molecule has 0 aliphatic rings. The van der Waals surface area contributed by atoms with Gasteiger partial charge in [0.15, 0.2) is 23.5 Å². The highest BCUT2D eigenvalue weighted by molar-refractivity contribution is 5.29. The number of aromatic hydroxyl groups is 1. The number of alkyl halides is 3. The molecule has 0 aliphatic heterocycles. The summed E-state index contributed by atoms with van der Waals surface area (Å²) in [7, 11) is 0. The van der Waals surface area contributed by atoms with Crippen LogP contribution in [0.2, 0.25) is 0 Å². The first-order valence-corrected chi connectivity index (χ1v) is 4.84. The van der Waals surface area contributed by atoms with Gasteiger partial charge in [0.2, 0.25) is 0 Å². The van der Waals surface area contributed by atoms with E-state index in [-0.39, 0.29) is 12.1 Å². The molecule has 0 aliphatic carbocycles. The zero-order valence-corrected chi connectivity index (χ0v) is 8.93. The summed E-state index contributed by atoms with van der Waals surface area (Å²) in [5.41, 5.74) is 0.0113. The topological polar surface area (TPSA) is 52.5 Å². The summed E-state index contributed by atoms with van der Waals surface area (Å²) in [6.07, 6.45) is -7.30. The van der Waals surface area contributed by atoms with Crippen molar-refractivity contribution < 1.29 is 32.2 Å². The molecule has 1 rings (SSSR count). The van der Waals surface area contributed by atoms with Crippen molar-refractivity contribution in [2.24, 2.45) is 0 Å². The smallest absolute Gasteiger partial charge is 0.415 e. The standard InChI is InChI=1S/C10H10F5NO2/c11-6-1-5(2-7(12)9(6)18)3-16-4-8(17)10(13,14)15/h1-2,8,16-18H,3-4H2. The monoisotopic (exact) mass is 271 g/mol. The number of benzene rings is 1. The number of rotatable bonds is 4. The third-order valence-electron chi connectivity index (χ3n) is 2.12. The van der Waals surface area contributed by atoms with Gasteiger partial charge in [0.1, 0.15) is 0 Å². The molecule has 102 valence electrons. The summed E-state index contributed by atoms with van der Waals surface area (Å²) >= 11 is 0. The number of aliphatic hydroxyl groups excluding tert-OH is 1. The van der Waals surface area contributed by atoms with Crippen LogP contribution in [0.3, 0.4) is 0 Å². The molecule has 3 nitrogen and oxygen atoms in total.